The van der Waals surface area contributed by atoms with Crippen molar-refractivity contribution in [3.05, 3.63) is 68.7 Å². The number of alkyl halides is 1. The van der Waals surface area contributed by atoms with Crippen molar-refractivity contribution < 1.29 is 8.78 Å². The second-order valence-electron chi connectivity index (χ2n) is 4.08. The molecule has 0 spiro atoms. The van der Waals surface area contributed by atoms with Crippen LogP contribution in [0.25, 0.3) is 0 Å². The summed E-state index contributed by atoms with van der Waals surface area (Å²) in [5.74, 6) is -1.10. The highest BCUT2D eigenvalue weighted by molar-refractivity contribution is 9.10. The summed E-state index contributed by atoms with van der Waals surface area (Å²) in [5, 5.41) is 0.599. The highest BCUT2D eigenvalue weighted by Crippen LogP contribution is 2.32. The molecule has 0 amide bonds. The summed E-state index contributed by atoms with van der Waals surface area (Å²) in [6.07, 6.45) is 0.421. The molecular weight excluding hydrogens is 401 g/mol. The smallest absolute Gasteiger partial charge is 0.129 e. The molecule has 2 aromatic carbocycles. The lowest BCUT2D eigenvalue weighted by molar-refractivity contribution is 0.571. The normalized spacial score (nSPS) is 12.5. The van der Waals surface area contributed by atoms with Gasteiger partial charge in [-0.05, 0) is 51.7 Å². The molecular formula is C14H9Br2ClF2. The highest BCUT2D eigenvalue weighted by Gasteiger charge is 2.13. The summed E-state index contributed by atoms with van der Waals surface area (Å²) in [4.78, 5) is -0.0851. The summed E-state index contributed by atoms with van der Waals surface area (Å²) >= 11 is 12.8. The van der Waals surface area contributed by atoms with Gasteiger partial charge in [-0.1, -0.05) is 39.7 Å². The Kier molecular flexibility index (Phi) is 4.98. The van der Waals surface area contributed by atoms with Gasteiger partial charge in [-0.15, -0.1) is 0 Å². The Labute approximate surface area is 132 Å². The third-order valence-electron chi connectivity index (χ3n) is 2.72. The van der Waals surface area contributed by atoms with Gasteiger partial charge in [-0.3, -0.25) is 0 Å². The monoisotopic (exact) mass is 408 g/mol. The zero-order valence-electron chi connectivity index (χ0n) is 9.64. The zero-order valence-corrected chi connectivity index (χ0v) is 13.6. The lowest BCUT2D eigenvalue weighted by Crippen LogP contribution is -1.99. The van der Waals surface area contributed by atoms with Gasteiger partial charge >= 0.3 is 0 Å². The molecule has 0 aliphatic heterocycles. The Morgan fingerprint density at radius 2 is 1.84 bits per heavy atom. The van der Waals surface area contributed by atoms with Gasteiger partial charge < -0.3 is 0 Å². The van der Waals surface area contributed by atoms with Gasteiger partial charge in [0.15, 0.2) is 0 Å². The van der Waals surface area contributed by atoms with Crippen LogP contribution in [-0.4, -0.2) is 0 Å². The predicted molar refractivity (Wildman–Crippen MR) is 80.9 cm³/mol. The van der Waals surface area contributed by atoms with Gasteiger partial charge in [-0.25, -0.2) is 8.78 Å². The molecule has 0 fully saturated rings. The molecule has 0 nitrogen and oxygen atoms in total. The molecule has 0 radical (unpaired) electrons. The third kappa shape index (κ3) is 3.77. The molecule has 0 heterocycles. The number of rotatable bonds is 3. The Morgan fingerprint density at radius 1 is 1.11 bits per heavy atom. The molecule has 2 rings (SSSR count). The van der Waals surface area contributed by atoms with Crippen LogP contribution in [0.3, 0.4) is 0 Å². The summed E-state index contributed by atoms with van der Waals surface area (Å²) in [6.45, 7) is 0. The van der Waals surface area contributed by atoms with E-state index in [1.165, 1.54) is 12.1 Å². The number of hydrogen-bond acceptors (Lipinski definition) is 0. The summed E-state index contributed by atoms with van der Waals surface area (Å²) in [5.41, 5.74) is 1.40. The molecule has 5 heteroatoms. The van der Waals surface area contributed by atoms with Gasteiger partial charge in [0.25, 0.3) is 0 Å². The quantitative estimate of drug-likeness (QED) is 0.540. The Hall–Kier alpha value is -0.450. The molecule has 0 saturated carbocycles. The summed E-state index contributed by atoms with van der Waals surface area (Å²) in [7, 11) is 0. The van der Waals surface area contributed by atoms with Crippen LogP contribution in [-0.2, 0) is 6.42 Å². The summed E-state index contributed by atoms with van der Waals surface area (Å²) in [6, 6.07) is 9.16. The van der Waals surface area contributed by atoms with Crippen LogP contribution in [0, 0.1) is 11.6 Å². The molecule has 2 aromatic rings. The van der Waals surface area contributed by atoms with Gasteiger partial charge in [0.2, 0.25) is 0 Å². The van der Waals surface area contributed by atoms with Crippen LogP contribution in [0.2, 0.25) is 5.02 Å². The maximum Gasteiger partial charge on any atom is 0.129 e. The van der Waals surface area contributed by atoms with Crippen molar-refractivity contribution in [2.24, 2.45) is 0 Å². The van der Waals surface area contributed by atoms with Crippen LogP contribution in [0.15, 0.2) is 40.9 Å². The number of benzene rings is 2. The van der Waals surface area contributed by atoms with Crippen LogP contribution < -0.4 is 0 Å². The van der Waals surface area contributed by atoms with E-state index >= 15 is 0 Å². The largest absolute Gasteiger partial charge is 0.207 e. The maximum atomic E-state index is 13.6. The molecule has 0 saturated heterocycles. The van der Waals surface area contributed by atoms with Crippen molar-refractivity contribution in [2.45, 2.75) is 11.2 Å². The van der Waals surface area contributed by atoms with Crippen molar-refractivity contribution in [1.82, 2.24) is 0 Å². The number of hydrogen-bond donors (Lipinski definition) is 0. The topological polar surface area (TPSA) is 0 Å². The minimum Gasteiger partial charge on any atom is -0.207 e. The fourth-order valence-electron chi connectivity index (χ4n) is 1.71. The maximum absolute atomic E-state index is 13.6. The molecule has 0 bridgehead atoms. The highest BCUT2D eigenvalue weighted by atomic mass is 79.9. The Morgan fingerprint density at radius 3 is 2.47 bits per heavy atom. The molecule has 0 N–H and O–H groups in total. The van der Waals surface area contributed by atoms with E-state index in [1.54, 1.807) is 0 Å². The first-order valence-electron chi connectivity index (χ1n) is 5.50. The van der Waals surface area contributed by atoms with E-state index in [1.807, 2.05) is 18.2 Å². The van der Waals surface area contributed by atoms with E-state index < -0.39 is 11.6 Å². The summed E-state index contributed by atoms with van der Waals surface area (Å²) < 4.78 is 27.2. The van der Waals surface area contributed by atoms with E-state index in [9.17, 15) is 8.78 Å². The van der Waals surface area contributed by atoms with Gasteiger partial charge in [0.1, 0.15) is 11.6 Å². The standard InChI is InChI=1S/C14H9Br2ClF2/c15-11-4-2-8(6-13(11)17)12(16)5-9-1-3-10(18)7-14(9)19/h1-4,6-7,12H,5H2. The second-order valence-corrected chi connectivity index (χ2v) is 6.45. The van der Waals surface area contributed by atoms with Crippen molar-refractivity contribution in [3.63, 3.8) is 0 Å². The first kappa shape index (κ1) is 14.9. The van der Waals surface area contributed by atoms with Crippen molar-refractivity contribution >= 4 is 43.5 Å². The Bertz CT molecular complexity index is 602. The second kappa shape index (κ2) is 6.33. The van der Waals surface area contributed by atoms with Gasteiger partial charge in [0, 0.05) is 15.4 Å². The van der Waals surface area contributed by atoms with Crippen LogP contribution in [0.1, 0.15) is 16.0 Å². The minimum atomic E-state index is -0.570. The van der Waals surface area contributed by atoms with Crippen molar-refractivity contribution in [2.75, 3.05) is 0 Å². The van der Waals surface area contributed by atoms with E-state index in [4.69, 9.17) is 11.6 Å². The van der Waals surface area contributed by atoms with Gasteiger partial charge in [0.05, 0.1) is 5.02 Å². The van der Waals surface area contributed by atoms with E-state index in [2.05, 4.69) is 31.9 Å². The van der Waals surface area contributed by atoms with Crippen LogP contribution in [0.5, 0.6) is 0 Å². The lowest BCUT2D eigenvalue weighted by atomic mass is 10.0. The molecule has 0 aromatic heterocycles. The molecule has 100 valence electrons. The third-order valence-corrected chi connectivity index (χ3v) is 4.80. The molecule has 1 unspecified atom stereocenters. The van der Waals surface area contributed by atoms with E-state index in [0.29, 0.717) is 17.0 Å². The van der Waals surface area contributed by atoms with Crippen molar-refractivity contribution in [1.29, 1.82) is 0 Å². The van der Waals surface area contributed by atoms with Crippen LogP contribution >= 0.6 is 43.5 Å². The lowest BCUT2D eigenvalue weighted by Gasteiger charge is -2.12. The van der Waals surface area contributed by atoms with Crippen LogP contribution in [0.4, 0.5) is 8.78 Å². The first-order valence-corrected chi connectivity index (χ1v) is 7.59. The fraction of sp³-hybridized carbons (Fsp3) is 0.143. The van der Waals surface area contributed by atoms with Gasteiger partial charge in [-0.2, -0.15) is 0 Å². The van der Waals surface area contributed by atoms with E-state index in [-0.39, 0.29) is 4.83 Å². The predicted octanol–water partition coefficient (Wildman–Crippen LogP) is 6.06. The van der Waals surface area contributed by atoms with Crippen molar-refractivity contribution in [3.8, 4) is 0 Å². The minimum absolute atomic E-state index is 0.0851. The molecule has 0 aliphatic carbocycles. The Balaban J connectivity index is 2.20. The molecule has 19 heavy (non-hydrogen) atoms. The average Bonchev–Trinajstić information content (AvgIpc) is 2.36. The SMILES string of the molecule is Fc1ccc(CC(Br)c2ccc(Br)c(Cl)c2)c(F)c1. The molecule has 1 atom stereocenters. The average molecular weight is 410 g/mol. The zero-order chi connectivity index (χ0) is 14.0. The first-order chi connectivity index (χ1) is 8.97. The number of halogens is 5. The van der Waals surface area contributed by atoms with E-state index in [0.717, 1.165) is 16.1 Å². The fourth-order valence-corrected chi connectivity index (χ4v) is 2.77. The molecule has 0 aliphatic rings.